The predicted molar refractivity (Wildman–Crippen MR) is 116 cm³/mol. The lowest BCUT2D eigenvalue weighted by molar-refractivity contribution is 0.0921. The number of aryl methyl sites for hydroxylation is 1. The molecule has 0 unspecified atom stereocenters. The number of hydrogen-bond donors (Lipinski definition) is 3. The van der Waals surface area contributed by atoms with E-state index in [2.05, 4.69) is 46.9 Å². The highest BCUT2D eigenvalue weighted by atomic mass is 79.9. The minimum atomic E-state index is -0.840. The monoisotopic (exact) mass is 506 g/mol. The van der Waals surface area contributed by atoms with Crippen molar-refractivity contribution in [2.24, 2.45) is 0 Å². The molecule has 0 aliphatic heterocycles. The molecule has 0 bridgehead atoms. The molecule has 10 nitrogen and oxygen atoms in total. The first-order valence-corrected chi connectivity index (χ1v) is 9.90. The van der Waals surface area contributed by atoms with Crippen LogP contribution in [0.5, 0.6) is 0 Å². The van der Waals surface area contributed by atoms with Crippen molar-refractivity contribution in [3.8, 4) is 5.82 Å². The van der Waals surface area contributed by atoms with E-state index >= 15 is 0 Å². The quantitative estimate of drug-likeness (QED) is 0.465. The summed E-state index contributed by atoms with van der Waals surface area (Å²) >= 11 is 9.45. The van der Waals surface area contributed by atoms with Gasteiger partial charge in [-0.2, -0.15) is 5.10 Å². The fraction of sp³-hybridized carbons (Fsp3) is 0.105. The molecule has 0 saturated heterocycles. The van der Waals surface area contributed by atoms with E-state index < -0.39 is 17.9 Å². The van der Waals surface area contributed by atoms with Crippen LogP contribution in [0.25, 0.3) is 5.82 Å². The number of nitrogens with one attached hydrogen (secondary N) is 3. The maximum Gasteiger partial charge on any atom is 0.425 e. The van der Waals surface area contributed by atoms with Crippen molar-refractivity contribution >= 4 is 51.1 Å². The SMILES string of the molecule is COC(=O)NNC(=O)c1cccc(C)c1NC(=O)c1cc(Br)nn1-c1ncccc1Cl. The number of carbonyl (C=O) groups excluding carboxylic acids is 3. The molecule has 12 heteroatoms. The molecule has 0 aliphatic carbocycles. The fourth-order valence-electron chi connectivity index (χ4n) is 2.64. The average Bonchev–Trinajstić information content (AvgIpc) is 3.15. The van der Waals surface area contributed by atoms with Gasteiger partial charge in [0.15, 0.2) is 5.82 Å². The molecular formula is C19H16BrClN6O4. The zero-order chi connectivity index (χ0) is 22.5. The Kier molecular flexibility index (Phi) is 6.88. The van der Waals surface area contributed by atoms with Crippen LogP contribution in [-0.2, 0) is 4.74 Å². The molecule has 0 fully saturated rings. The molecule has 0 radical (unpaired) electrons. The van der Waals surface area contributed by atoms with Crippen LogP contribution in [0.2, 0.25) is 5.02 Å². The number of rotatable bonds is 4. The lowest BCUT2D eigenvalue weighted by Gasteiger charge is -2.14. The smallest absolute Gasteiger partial charge is 0.425 e. The third-order valence-electron chi connectivity index (χ3n) is 4.07. The molecule has 1 aromatic carbocycles. The Morgan fingerprint density at radius 3 is 2.61 bits per heavy atom. The van der Waals surface area contributed by atoms with Gasteiger partial charge in [-0.3, -0.25) is 15.0 Å². The average molecular weight is 508 g/mol. The summed E-state index contributed by atoms with van der Waals surface area (Å²) in [7, 11) is 1.16. The number of methoxy groups -OCH3 is 1. The molecule has 0 spiro atoms. The first-order chi connectivity index (χ1) is 14.8. The molecule has 0 aliphatic rings. The van der Waals surface area contributed by atoms with Gasteiger partial charge >= 0.3 is 6.09 Å². The number of aromatic nitrogens is 3. The van der Waals surface area contributed by atoms with Crippen molar-refractivity contribution in [1.82, 2.24) is 25.6 Å². The molecule has 0 saturated carbocycles. The topological polar surface area (TPSA) is 127 Å². The van der Waals surface area contributed by atoms with E-state index in [1.165, 1.54) is 23.0 Å². The minimum Gasteiger partial charge on any atom is -0.452 e. The first-order valence-electron chi connectivity index (χ1n) is 8.73. The van der Waals surface area contributed by atoms with Crippen LogP contribution in [0.3, 0.4) is 0 Å². The Morgan fingerprint density at radius 1 is 1.13 bits per heavy atom. The summed E-state index contributed by atoms with van der Waals surface area (Å²) in [5.74, 6) is -0.930. The largest absolute Gasteiger partial charge is 0.452 e. The maximum absolute atomic E-state index is 13.1. The lowest BCUT2D eigenvalue weighted by atomic mass is 10.1. The van der Waals surface area contributed by atoms with Gasteiger partial charge in [-0.25, -0.2) is 19.9 Å². The highest BCUT2D eigenvalue weighted by Crippen LogP contribution is 2.24. The summed E-state index contributed by atoms with van der Waals surface area (Å²) in [6.45, 7) is 1.73. The Balaban J connectivity index is 1.93. The Labute approximate surface area is 190 Å². The maximum atomic E-state index is 13.1. The van der Waals surface area contributed by atoms with E-state index in [1.807, 2.05) is 0 Å². The van der Waals surface area contributed by atoms with Gasteiger partial charge in [0.1, 0.15) is 10.3 Å². The first kappa shape index (κ1) is 22.2. The van der Waals surface area contributed by atoms with Crippen molar-refractivity contribution < 1.29 is 19.1 Å². The van der Waals surface area contributed by atoms with E-state index in [0.29, 0.717) is 15.2 Å². The van der Waals surface area contributed by atoms with Crippen LogP contribution in [-0.4, -0.2) is 39.8 Å². The second-order valence-electron chi connectivity index (χ2n) is 6.10. The third-order valence-corrected chi connectivity index (χ3v) is 4.75. The summed E-state index contributed by atoms with van der Waals surface area (Å²) in [4.78, 5) is 41.0. The summed E-state index contributed by atoms with van der Waals surface area (Å²) in [5, 5.41) is 7.25. The number of carbonyl (C=O) groups is 3. The number of nitrogens with zero attached hydrogens (tertiary/aromatic N) is 3. The van der Waals surface area contributed by atoms with Gasteiger partial charge in [-0.1, -0.05) is 23.7 Å². The van der Waals surface area contributed by atoms with Crippen LogP contribution in [0.1, 0.15) is 26.4 Å². The molecule has 3 aromatic rings. The molecule has 31 heavy (non-hydrogen) atoms. The summed E-state index contributed by atoms with van der Waals surface area (Å²) in [6.07, 6.45) is 0.684. The van der Waals surface area contributed by atoms with Gasteiger partial charge in [0.05, 0.1) is 23.4 Å². The number of anilines is 1. The molecule has 0 atom stereocenters. The van der Waals surface area contributed by atoms with Crippen molar-refractivity contribution in [2.45, 2.75) is 6.92 Å². The van der Waals surface area contributed by atoms with E-state index in [9.17, 15) is 14.4 Å². The second-order valence-corrected chi connectivity index (χ2v) is 7.31. The second kappa shape index (κ2) is 9.58. The van der Waals surface area contributed by atoms with E-state index in [-0.39, 0.29) is 22.8 Å². The predicted octanol–water partition coefficient (Wildman–Crippen LogP) is 3.24. The number of hydrogen-bond acceptors (Lipinski definition) is 6. The van der Waals surface area contributed by atoms with Gasteiger partial charge in [-0.15, -0.1) is 0 Å². The molecule has 3 amide bonds. The van der Waals surface area contributed by atoms with E-state index in [0.717, 1.165) is 7.11 Å². The molecular weight excluding hydrogens is 492 g/mol. The van der Waals surface area contributed by atoms with E-state index in [4.69, 9.17) is 11.6 Å². The molecule has 3 N–H and O–H groups in total. The number of para-hydroxylation sites is 1. The summed E-state index contributed by atoms with van der Waals surface area (Å²) in [5.41, 5.74) is 5.44. The summed E-state index contributed by atoms with van der Waals surface area (Å²) < 4.78 is 6.10. The van der Waals surface area contributed by atoms with Crippen molar-refractivity contribution in [3.05, 3.63) is 69.0 Å². The fourth-order valence-corrected chi connectivity index (χ4v) is 3.21. The van der Waals surface area contributed by atoms with Crippen LogP contribution in [0, 0.1) is 6.92 Å². The Morgan fingerprint density at radius 2 is 1.90 bits per heavy atom. The van der Waals surface area contributed by atoms with Crippen molar-refractivity contribution in [2.75, 3.05) is 12.4 Å². The summed E-state index contributed by atoms with van der Waals surface area (Å²) in [6, 6.07) is 9.65. The van der Waals surface area contributed by atoms with Crippen LogP contribution >= 0.6 is 27.5 Å². The standard InChI is InChI=1S/C19H16BrClN6O4/c1-10-5-3-6-11(17(28)24-25-19(30)31-2)15(10)23-18(29)13-9-14(20)26-27(13)16-12(21)7-4-8-22-16/h3-9H,1-2H3,(H,23,29)(H,24,28)(H,25,30). The van der Waals surface area contributed by atoms with Gasteiger partial charge in [0.25, 0.3) is 11.8 Å². The van der Waals surface area contributed by atoms with Crippen LogP contribution in [0.4, 0.5) is 10.5 Å². The van der Waals surface area contributed by atoms with Crippen molar-refractivity contribution in [1.29, 1.82) is 0 Å². The number of hydrazine groups is 1. The van der Waals surface area contributed by atoms with Crippen molar-refractivity contribution in [3.63, 3.8) is 0 Å². The third kappa shape index (κ3) is 5.01. The number of amides is 3. The molecule has 2 heterocycles. The van der Waals surface area contributed by atoms with Gasteiger partial charge in [0.2, 0.25) is 0 Å². The lowest BCUT2D eigenvalue weighted by Crippen LogP contribution is -2.41. The number of benzene rings is 1. The molecule has 160 valence electrons. The van der Waals surface area contributed by atoms with Crippen LogP contribution < -0.4 is 16.2 Å². The normalized spacial score (nSPS) is 10.3. The minimum absolute atomic E-state index is 0.130. The Hall–Kier alpha value is -3.44. The zero-order valence-corrected chi connectivity index (χ0v) is 18.6. The molecule has 3 rings (SSSR count). The number of pyridine rings is 1. The highest BCUT2D eigenvalue weighted by Gasteiger charge is 2.22. The number of ether oxygens (including phenoxy) is 1. The van der Waals surface area contributed by atoms with Gasteiger partial charge in [0, 0.05) is 12.3 Å². The zero-order valence-electron chi connectivity index (χ0n) is 16.3. The van der Waals surface area contributed by atoms with Gasteiger partial charge < -0.3 is 10.1 Å². The molecule has 2 aromatic heterocycles. The highest BCUT2D eigenvalue weighted by molar-refractivity contribution is 9.10. The van der Waals surface area contributed by atoms with Crippen LogP contribution in [0.15, 0.2) is 47.2 Å². The Bertz CT molecular complexity index is 1170. The number of halogens is 2. The van der Waals surface area contributed by atoms with Gasteiger partial charge in [-0.05, 0) is 46.6 Å². The van der Waals surface area contributed by atoms with E-state index in [1.54, 1.807) is 31.2 Å².